The molecule has 0 aliphatic heterocycles. The molecular weight excluding hydrogens is 119 g/mol. The van der Waals surface area contributed by atoms with Gasteiger partial charge in [-0.1, -0.05) is 13.8 Å². The number of hydrogen-bond donors (Lipinski definition) is 0. The maximum absolute atomic E-state index is 12.2. The van der Waals surface area contributed by atoms with Gasteiger partial charge < -0.3 is 0 Å². The van der Waals surface area contributed by atoms with Crippen LogP contribution in [-0.4, -0.2) is 12.0 Å². The molecule has 2 heteroatoms. The smallest absolute Gasteiger partial charge is 0.169 e. The van der Waals surface area contributed by atoms with Gasteiger partial charge in [0.05, 0.1) is 0 Å². The number of hydrogen-bond acceptors (Lipinski definition) is 1. The van der Waals surface area contributed by atoms with Crippen molar-refractivity contribution >= 4 is 5.78 Å². The monoisotopic (exact) mass is 132 g/mol. The Hall–Kier alpha value is -0.400. The lowest BCUT2D eigenvalue weighted by Gasteiger charge is -2.06. The lowest BCUT2D eigenvalue weighted by molar-refractivity contribution is -0.126. The van der Waals surface area contributed by atoms with Crippen molar-refractivity contribution in [1.82, 2.24) is 0 Å². The lowest BCUT2D eigenvalue weighted by Crippen LogP contribution is -2.19. The third-order valence-corrected chi connectivity index (χ3v) is 1.49. The zero-order valence-electron chi connectivity index (χ0n) is 6.15. The van der Waals surface area contributed by atoms with Gasteiger partial charge in [0.1, 0.15) is 0 Å². The summed E-state index contributed by atoms with van der Waals surface area (Å²) in [6.07, 6.45) is -0.562. The van der Waals surface area contributed by atoms with E-state index in [-0.39, 0.29) is 11.7 Å². The van der Waals surface area contributed by atoms with Crippen molar-refractivity contribution in [3.8, 4) is 0 Å². The quantitative estimate of drug-likeness (QED) is 0.573. The van der Waals surface area contributed by atoms with Crippen molar-refractivity contribution in [2.45, 2.75) is 33.4 Å². The van der Waals surface area contributed by atoms with E-state index in [1.54, 1.807) is 6.92 Å². The van der Waals surface area contributed by atoms with E-state index in [0.29, 0.717) is 0 Å². The fourth-order valence-corrected chi connectivity index (χ4v) is 0.593. The first-order valence-electron chi connectivity index (χ1n) is 3.27. The normalized spacial score (nSPS) is 16.9. The second kappa shape index (κ2) is 3.59. The maximum atomic E-state index is 12.2. The molecule has 0 rings (SSSR count). The van der Waals surface area contributed by atoms with Gasteiger partial charge in [0.2, 0.25) is 0 Å². The summed E-state index contributed by atoms with van der Waals surface area (Å²) in [7, 11) is 0. The van der Waals surface area contributed by atoms with Crippen molar-refractivity contribution in [2.75, 3.05) is 0 Å². The van der Waals surface area contributed by atoms with Gasteiger partial charge in [0, 0.05) is 5.92 Å². The van der Waals surface area contributed by atoms with Crippen molar-refractivity contribution < 1.29 is 9.18 Å². The molecule has 0 saturated heterocycles. The summed E-state index contributed by atoms with van der Waals surface area (Å²) in [6.45, 7) is 4.91. The van der Waals surface area contributed by atoms with E-state index in [2.05, 4.69) is 0 Å². The number of halogens is 1. The van der Waals surface area contributed by atoms with E-state index >= 15 is 0 Å². The minimum absolute atomic E-state index is 0.120. The van der Waals surface area contributed by atoms with E-state index in [4.69, 9.17) is 0 Å². The molecule has 0 aromatic heterocycles. The second-order valence-corrected chi connectivity index (χ2v) is 2.33. The minimum Gasteiger partial charge on any atom is -0.296 e. The molecule has 0 spiro atoms. The predicted molar refractivity (Wildman–Crippen MR) is 35.0 cm³/mol. The molecule has 0 amide bonds. The van der Waals surface area contributed by atoms with Crippen LogP contribution in [0.3, 0.4) is 0 Å². The van der Waals surface area contributed by atoms with Crippen molar-refractivity contribution in [3.05, 3.63) is 0 Å². The molecule has 0 saturated carbocycles. The number of carbonyl (C=O) groups excluding carboxylic acids is 1. The fraction of sp³-hybridized carbons (Fsp3) is 0.857. The summed E-state index contributed by atoms with van der Waals surface area (Å²) in [5.74, 6) is -0.400. The zero-order chi connectivity index (χ0) is 7.44. The topological polar surface area (TPSA) is 17.1 Å². The zero-order valence-corrected chi connectivity index (χ0v) is 6.15. The predicted octanol–water partition coefficient (Wildman–Crippen LogP) is 1.96. The standard InChI is InChI=1S/C7H13FO/c1-4-5(2)7(9)6(3)8/h5-6H,4H2,1-3H3/t5-,6+/m1/s1. The largest absolute Gasteiger partial charge is 0.296 e. The Bertz CT molecular complexity index is 99.1. The van der Waals surface area contributed by atoms with Gasteiger partial charge in [-0.15, -0.1) is 0 Å². The highest BCUT2D eigenvalue weighted by Crippen LogP contribution is 2.06. The number of alkyl halides is 1. The molecule has 0 aliphatic carbocycles. The minimum atomic E-state index is -1.29. The number of rotatable bonds is 3. The highest BCUT2D eigenvalue weighted by Gasteiger charge is 2.16. The van der Waals surface area contributed by atoms with Crippen LogP contribution in [0, 0.1) is 5.92 Å². The molecule has 0 radical (unpaired) electrons. The average Bonchev–Trinajstić information content (AvgIpc) is 1.84. The van der Waals surface area contributed by atoms with Crippen molar-refractivity contribution in [2.24, 2.45) is 5.92 Å². The molecule has 54 valence electrons. The Labute approximate surface area is 55.3 Å². The first kappa shape index (κ1) is 8.60. The van der Waals surface area contributed by atoms with Crippen molar-refractivity contribution in [1.29, 1.82) is 0 Å². The van der Waals surface area contributed by atoms with E-state index in [0.717, 1.165) is 6.42 Å². The lowest BCUT2D eigenvalue weighted by atomic mass is 10.0. The Morgan fingerprint density at radius 1 is 1.56 bits per heavy atom. The van der Waals surface area contributed by atoms with Crippen LogP contribution in [0.1, 0.15) is 27.2 Å². The SMILES string of the molecule is CC[C@@H](C)C(=O)[C@H](C)F. The first-order valence-corrected chi connectivity index (χ1v) is 3.27. The van der Waals surface area contributed by atoms with Gasteiger partial charge in [0.15, 0.2) is 12.0 Å². The van der Waals surface area contributed by atoms with Gasteiger partial charge in [-0.05, 0) is 13.3 Å². The molecule has 0 fully saturated rings. The van der Waals surface area contributed by atoms with Crippen LogP contribution in [0.5, 0.6) is 0 Å². The van der Waals surface area contributed by atoms with Crippen LogP contribution < -0.4 is 0 Å². The molecule has 0 aromatic rings. The highest BCUT2D eigenvalue weighted by atomic mass is 19.1. The average molecular weight is 132 g/mol. The molecule has 0 heterocycles. The first-order chi connectivity index (χ1) is 4.09. The van der Waals surface area contributed by atoms with Gasteiger partial charge in [-0.3, -0.25) is 4.79 Å². The Balaban J connectivity index is 3.73. The van der Waals surface area contributed by atoms with Gasteiger partial charge >= 0.3 is 0 Å². The molecule has 1 nitrogen and oxygen atoms in total. The number of ketones is 1. The highest BCUT2D eigenvalue weighted by molar-refractivity contribution is 5.84. The van der Waals surface area contributed by atoms with E-state index < -0.39 is 6.17 Å². The van der Waals surface area contributed by atoms with Crippen LogP contribution >= 0.6 is 0 Å². The van der Waals surface area contributed by atoms with Crippen LogP contribution in [0.15, 0.2) is 0 Å². The molecule has 0 N–H and O–H groups in total. The summed E-state index contributed by atoms with van der Waals surface area (Å²) in [5, 5.41) is 0. The van der Waals surface area contributed by atoms with Gasteiger partial charge in [-0.2, -0.15) is 0 Å². The van der Waals surface area contributed by atoms with Crippen LogP contribution in [-0.2, 0) is 4.79 Å². The maximum Gasteiger partial charge on any atom is 0.169 e. The van der Waals surface area contributed by atoms with Gasteiger partial charge in [-0.25, -0.2) is 4.39 Å². The Kier molecular flexibility index (Phi) is 3.43. The van der Waals surface area contributed by atoms with E-state index in [1.165, 1.54) is 6.92 Å². The molecule has 9 heavy (non-hydrogen) atoms. The summed E-state index contributed by atoms with van der Waals surface area (Å²) in [4.78, 5) is 10.7. The van der Waals surface area contributed by atoms with Crippen LogP contribution in [0.4, 0.5) is 4.39 Å². The molecule has 0 aromatic carbocycles. The number of Topliss-reactive ketones (excluding diaryl/α,β-unsaturated/α-hetero) is 1. The Morgan fingerprint density at radius 3 is 2.11 bits per heavy atom. The number of carbonyl (C=O) groups is 1. The second-order valence-electron chi connectivity index (χ2n) is 2.33. The fourth-order valence-electron chi connectivity index (χ4n) is 0.593. The summed E-state index contributed by atoms with van der Waals surface area (Å²) in [5.41, 5.74) is 0. The molecule has 0 bridgehead atoms. The molecule has 0 unspecified atom stereocenters. The Morgan fingerprint density at radius 2 is 2.00 bits per heavy atom. The van der Waals surface area contributed by atoms with E-state index in [1.807, 2.05) is 6.92 Å². The third kappa shape index (κ3) is 2.59. The summed E-state index contributed by atoms with van der Waals surface area (Å²) < 4.78 is 12.2. The van der Waals surface area contributed by atoms with Crippen molar-refractivity contribution in [3.63, 3.8) is 0 Å². The summed E-state index contributed by atoms with van der Waals surface area (Å²) >= 11 is 0. The third-order valence-electron chi connectivity index (χ3n) is 1.49. The van der Waals surface area contributed by atoms with Crippen LogP contribution in [0.25, 0.3) is 0 Å². The van der Waals surface area contributed by atoms with Gasteiger partial charge in [0.25, 0.3) is 0 Å². The molecule has 0 aliphatic rings. The molecular formula is C7H13FO. The van der Waals surface area contributed by atoms with Crippen LogP contribution in [0.2, 0.25) is 0 Å². The van der Waals surface area contributed by atoms with E-state index in [9.17, 15) is 9.18 Å². The summed E-state index contributed by atoms with van der Waals surface area (Å²) in [6, 6.07) is 0. The molecule has 2 atom stereocenters.